The minimum atomic E-state index is -0.306. The Morgan fingerprint density at radius 3 is 2.93 bits per heavy atom. The van der Waals surface area contributed by atoms with Crippen LogP contribution in [0.2, 0.25) is 0 Å². The molecule has 0 aromatic heterocycles. The number of ether oxygens (including phenoxy) is 1. The van der Waals surface area contributed by atoms with Crippen LogP contribution in [-0.2, 0) is 9.53 Å². The number of rotatable bonds is 3. The van der Waals surface area contributed by atoms with Crippen LogP contribution >= 0.6 is 11.6 Å². The summed E-state index contributed by atoms with van der Waals surface area (Å²) < 4.78 is 5.13. The molecule has 0 heterocycles. The van der Waals surface area contributed by atoms with Gasteiger partial charge in [0.25, 0.3) is 0 Å². The SMILES string of the molecule is C[C@]1(COC(=O)CCl)C[C@H]2C=C[C@H]1C2. The Labute approximate surface area is 89.3 Å². The zero-order chi connectivity index (χ0) is 10.2. The molecule has 2 aliphatic carbocycles. The molecular weight excluding hydrogens is 200 g/mol. The highest BCUT2D eigenvalue weighted by Gasteiger charge is 2.45. The van der Waals surface area contributed by atoms with Gasteiger partial charge in [-0.15, -0.1) is 11.6 Å². The number of hydrogen-bond acceptors (Lipinski definition) is 2. The summed E-state index contributed by atoms with van der Waals surface area (Å²) in [5, 5.41) is 0. The molecule has 1 fully saturated rings. The summed E-state index contributed by atoms with van der Waals surface area (Å²) in [6.45, 7) is 2.72. The van der Waals surface area contributed by atoms with Crippen LogP contribution in [-0.4, -0.2) is 18.5 Å². The van der Waals surface area contributed by atoms with E-state index in [1.807, 2.05) is 0 Å². The van der Waals surface area contributed by atoms with Gasteiger partial charge in [0.1, 0.15) is 5.88 Å². The Morgan fingerprint density at radius 1 is 1.64 bits per heavy atom. The molecule has 14 heavy (non-hydrogen) atoms. The van der Waals surface area contributed by atoms with E-state index in [0.29, 0.717) is 18.4 Å². The fourth-order valence-electron chi connectivity index (χ4n) is 2.64. The molecule has 78 valence electrons. The van der Waals surface area contributed by atoms with Crippen molar-refractivity contribution >= 4 is 17.6 Å². The second-order valence-corrected chi connectivity index (χ2v) is 4.91. The number of alkyl halides is 1. The molecule has 0 aliphatic heterocycles. The van der Waals surface area contributed by atoms with Gasteiger partial charge in [-0.2, -0.15) is 0 Å². The lowest BCUT2D eigenvalue weighted by Gasteiger charge is -2.30. The normalized spacial score (nSPS) is 39.0. The first-order valence-electron chi connectivity index (χ1n) is 5.04. The van der Waals surface area contributed by atoms with Gasteiger partial charge in [-0.25, -0.2) is 0 Å². The maximum atomic E-state index is 10.9. The van der Waals surface area contributed by atoms with E-state index in [1.54, 1.807) is 0 Å². The van der Waals surface area contributed by atoms with Crippen molar-refractivity contribution in [1.29, 1.82) is 0 Å². The zero-order valence-corrected chi connectivity index (χ0v) is 9.09. The number of halogens is 1. The van der Waals surface area contributed by atoms with E-state index < -0.39 is 0 Å². The Morgan fingerprint density at radius 2 is 2.43 bits per heavy atom. The van der Waals surface area contributed by atoms with Gasteiger partial charge in [-0.3, -0.25) is 4.79 Å². The highest BCUT2D eigenvalue weighted by molar-refractivity contribution is 6.26. The first-order valence-corrected chi connectivity index (χ1v) is 5.57. The molecule has 0 amide bonds. The van der Waals surface area contributed by atoms with E-state index in [9.17, 15) is 4.79 Å². The van der Waals surface area contributed by atoms with Crippen LogP contribution in [0.3, 0.4) is 0 Å². The monoisotopic (exact) mass is 214 g/mol. The smallest absolute Gasteiger partial charge is 0.320 e. The average molecular weight is 215 g/mol. The van der Waals surface area contributed by atoms with Crippen LogP contribution in [0.5, 0.6) is 0 Å². The molecule has 1 saturated carbocycles. The van der Waals surface area contributed by atoms with Gasteiger partial charge in [-0.1, -0.05) is 19.1 Å². The zero-order valence-electron chi connectivity index (χ0n) is 8.33. The van der Waals surface area contributed by atoms with Crippen molar-refractivity contribution in [1.82, 2.24) is 0 Å². The van der Waals surface area contributed by atoms with E-state index in [4.69, 9.17) is 16.3 Å². The molecule has 2 bridgehead atoms. The summed E-state index contributed by atoms with van der Waals surface area (Å²) in [4.78, 5) is 10.9. The molecule has 0 saturated heterocycles. The summed E-state index contributed by atoms with van der Waals surface area (Å²) in [7, 11) is 0. The molecule has 0 aromatic rings. The van der Waals surface area contributed by atoms with E-state index in [2.05, 4.69) is 19.1 Å². The lowest BCUT2D eigenvalue weighted by atomic mass is 9.78. The van der Waals surface area contributed by atoms with Crippen molar-refractivity contribution in [2.24, 2.45) is 17.3 Å². The Bertz CT molecular complexity index is 274. The standard InChI is InChI=1S/C11H15ClO2/c1-11(7-14-10(13)6-12)5-8-2-3-9(11)4-8/h2-3,8-9H,4-7H2,1H3/t8-,9-,11+/m0/s1. The Balaban J connectivity index is 1.91. The average Bonchev–Trinajstić information content (AvgIpc) is 2.74. The third kappa shape index (κ3) is 1.68. The van der Waals surface area contributed by atoms with Crippen molar-refractivity contribution in [2.45, 2.75) is 19.8 Å². The Hall–Kier alpha value is -0.500. The molecule has 0 aromatic carbocycles. The van der Waals surface area contributed by atoms with Gasteiger partial charge in [0.15, 0.2) is 0 Å². The molecule has 0 radical (unpaired) electrons. The summed E-state index contributed by atoms with van der Waals surface area (Å²) in [5.41, 5.74) is 0.154. The molecular formula is C11H15ClO2. The van der Waals surface area contributed by atoms with Crippen molar-refractivity contribution in [3.63, 3.8) is 0 Å². The number of carbonyl (C=O) groups excluding carboxylic acids is 1. The van der Waals surface area contributed by atoms with Crippen molar-refractivity contribution in [2.75, 3.05) is 12.5 Å². The fourth-order valence-corrected chi connectivity index (χ4v) is 2.72. The molecule has 2 nitrogen and oxygen atoms in total. The summed E-state index contributed by atoms with van der Waals surface area (Å²) in [6.07, 6.45) is 6.93. The molecule has 3 atom stereocenters. The topological polar surface area (TPSA) is 26.3 Å². The lowest BCUT2D eigenvalue weighted by molar-refractivity contribution is -0.144. The van der Waals surface area contributed by atoms with Crippen LogP contribution in [0.1, 0.15) is 19.8 Å². The highest BCUT2D eigenvalue weighted by atomic mass is 35.5. The van der Waals surface area contributed by atoms with Gasteiger partial charge >= 0.3 is 5.97 Å². The minimum absolute atomic E-state index is 0.0417. The number of allylic oxidation sites excluding steroid dienone is 2. The summed E-state index contributed by atoms with van der Waals surface area (Å²) in [5.74, 6) is 0.954. The first-order chi connectivity index (χ1) is 6.64. The minimum Gasteiger partial charge on any atom is -0.464 e. The molecule has 2 rings (SSSR count). The quantitative estimate of drug-likeness (QED) is 0.410. The number of carbonyl (C=O) groups is 1. The summed E-state index contributed by atoms with van der Waals surface area (Å²) >= 11 is 5.37. The maximum Gasteiger partial charge on any atom is 0.320 e. The van der Waals surface area contributed by atoms with Gasteiger partial charge in [0.05, 0.1) is 6.61 Å². The highest BCUT2D eigenvalue weighted by Crippen LogP contribution is 2.51. The van der Waals surface area contributed by atoms with Crippen LogP contribution in [0.4, 0.5) is 0 Å². The van der Waals surface area contributed by atoms with Crippen LogP contribution in [0, 0.1) is 17.3 Å². The van der Waals surface area contributed by atoms with Crippen LogP contribution in [0.15, 0.2) is 12.2 Å². The van der Waals surface area contributed by atoms with Crippen molar-refractivity contribution < 1.29 is 9.53 Å². The second-order valence-electron chi connectivity index (χ2n) is 4.64. The third-order valence-electron chi connectivity index (χ3n) is 3.47. The molecule has 0 spiro atoms. The third-order valence-corrected chi connectivity index (χ3v) is 3.69. The predicted octanol–water partition coefficient (Wildman–Crippen LogP) is 2.37. The van der Waals surface area contributed by atoms with E-state index in [0.717, 1.165) is 6.42 Å². The van der Waals surface area contributed by atoms with Crippen molar-refractivity contribution in [3.05, 3.63) is 12.2 Å². The molecule has 2 aliphatic rings. The number of fused-ring (bicyclic) bond motifs is 2. The van der Waals surface area contributed by atoms with E-state index >= 15 is 0 Å². The van der Waals surface area contributed by atoms with Crippen LogP contribution in [0.25, 0.3) is 0 Å². The number of esters is 1. The lowest BCUT2D eigenvalue weighted by Crippen LogP contribution is -2.29. The first kappa shape index (κ1) is 10.0. The maximum absolute atomic E-state index is 10.9. The van der Waals surface area contributed by atoms with E-state index in [-0.39, 0.29) is 17.3 Å². The predicted molar refractivity (Wildman–Crippen MR) is 55.1 cm³/mol. The van der Waals surface area contributed by atoms with Crippen LogP contribution < -0.4 is 0 Å². The van der Waals surface area contributed by atoms with Gasteiger partial charge in [0, 0.05) is 5.41 Å². The summed E-state index contributed by atoms with van der Waals surface area (Å²) in [6, 6.07) is 0. The second kappa shape index (κ2) is 3.58. The van der Waals surface area contributed by atoms with Gasteiger partial charge in [0.2, 0.25) is 0 Å². The molecule has 0 unspecified atom stereocenters. The largest absolute Gasteiger partial charge is 0.464 e. The van der Waals surface area contributed by atoms with Crippen molar-refractivity contribution in [3.8, 4) is 0 Å². The number of hydrogen-bond donors (Lipinski definition) is 0. The molecule has 3 heteroatoms. The van der Waals surface area contributed by atoms with E-state index in [1.165, 1.54) is 6.42 Å². The van der Waals surface area contributed by atoms with Gasteiger partial charge in [-0.05, 0) is 24.7 Å². The Kier molecular flexibility index (Phi) is 2.56. The fraction of sp³-hybridized carbons (Fsp3) is 0.727. The van der Waals surface area contributed by atoms with Gasteiger partial charge < -0.3 is 4.74 Å². The molecule has 0 N–H and O–H groups in total.